The fourth-order valence-corrected chi connectivity index (χ4v) is 3.60. The number of carboxylic acids is 1. The molecule has 6 nitrogen and oxygen atoms in total. The van der Waals surface area contributed by atoms with E-state index in [2.05, 4.69) is 11.1 Å². The summed E-state index contributed by atoms with van der Waals surface area (Å²) in [6, 6.07) is 7.72. The predicted molar refractivity (Wildman–Crippen MR) is 104 cm³/mol. The molecule has 0 atom stereocenters. The van der Waals surface area contributed by atoms with Crippen molar-refractivity contribution in [3.63, 3.8) is 0 Å². The monoisotopic (exact) mass is 369 g/mol. The number of rotatable bonds is 6. The second-order valence-electron chi connectivity index (χ2n) is 6.47. The zero-order chi connectivity index (χ0) is 19.7. The van der Waals surface area contributed by atoms with E-state index in [1.165, 1.54) is 0 Å². The van der Waals surface area contributed by atoms with Gasteiger partial charge in [0.1, 0.15) is 0 Å². The SMILES string of the molecule is COc1cc(-c2[nH]c3cc(C)cc(C)c3c2CC(=O)O)cc(OC)c1OC. The molecular weight excluding hydrogens is 346 g/mol. The van der Waals surface area contributed by atoms with Gasteiger partial charge in [0, 0.05) is 16.5 Å². The zero-order valence-corrected chi connectivity index (χ0v) is 16.1. The highest BCUT2D eigenvalue weighted by Gasteiger charge is 2.21. The van der Waals surface area contributed by atoms with Crippen molar-refractivity contribution in [2.75, 3.05) is 21.3 Å². The molecule has 0 aliphatic heterocycles. The van der Waals surface area contributed by atoms with Gasteiger partial charge in [-0.25, -0.2) is 0 Å². The predicted octanol–water partition coefficient (Wildman–Crippen LogP) is 4.10. The standard InChI is InChI=1S/C21H23NO5/c1-11-6-12(2)19-14(10-18(23)24)20(22-15(19)7-11)13-8-16(25-3)21(27-5)17(9-13)26-4/h6-9,22H,10H2,1-5H3,(H,23,24). The first-order valence-electron chi connectivity index (χ1n) is 8.53. The highest BCUT2D eigenvalue weighted by atomic mass is 16.5. The Morgan fingerprint density at radius 1 is 1.00 bits per heavy atom. The van der Waals surface area contributed by atoms with Crippen LogP contribution in [0.4, 0.5) is 0 Å². The normalized spacial score (nSPS) is 10.9. The molecule has 0 saturated carbocycles. The number of aryl methyl sites for hydroxylation is 2. The number of hydrogen-bond donors (Lipinski definition) is 2. The number of nitrogens with one attached hydrogen (secondary N) is 1. The Kier molecular flexibility index (Phi) is 4.99. The molecule has 142 valence electrons. The van der Waals surface area contributed by atoms with E-state index in [1.807, 2.05) is 32.0 Å². The average molecular weight is 369 g/mol. The highest BCUT2D eigenvalue weighted by Crippen LogP contribution is 2.43. The number of aliphatic carboxylic acids is 1. The third kappa shape index (κ3) is 3.30. The Morgan fingerprint density at radius 2 is 1.63 bits per heavy atom. The first kappa shape index (κ1) is 18.6. The summed E-state index contributed by atoms with van der Waals surface area (Å²) in [5.41, 5.74) is 5.31. The van der Waals surface area contributed by atoms with Gasteiger partial charge in [0.15, 0.2) is 11.5 Å². The van der Waals surface area contributed by atoms with Gasteiger partial charge < -0.3 is 24.3 Å². The molecule has 0 saturated heterocycles. The number of fused-ring (bicyclic) bond motifs is 1. The van der Waals surface area contributed by atoms with Crippen molar-refractivity contribution in [1.82, 2.24) is 4.98 Å². The first-order valence-corrected chi connectivity index (χ1v) is 8.53. The van der Waals surface area contributed by atoms with Crippen LogP contribution in [0, 0.1) is 13.8 Å². The van der Waals surface area contributed by atoms with Crippen LogP contribution in [0.2, 0.25) is 0 Å². The molecule has 27 heavy (non-hydrogen) atoms. The van der Waals surface area contributed by atoms with Gasteiger partial charge in [0.2, 0.25) is 5.75 Å². The maximum atomic E-state index is 11.5. The summed E-state index contributed by atoms with van der Waals surface area (Å²) in [6.45, 7) is 4.01. The second-order valence-corrected chi connectivity index (χ2v) is 6.47. The van der Waals surface area contributed by atoms with Gasteiger partial charge in [-0.3, -0.25) is 4.79 Å². The van der Waals surface area contributed by atoms with Crippen molar-refractivity contribution in [2.24, 2.45) is 0 Å². The number of carbonyl (C=O) groups is 1. The molecule has 0 aliphatic rings. The Hall–Kier alpha value is -3.15. The van der Waals surface area contributed by atoms with Crippen molar-refractivity contribution >= 4 is 16.9 Å². The van der Waals surface area contributed by atoms with E-state index in [0.29, 0.717) is 17.2 Å². The molecule has 3 rings (SSSR count). The second kappa shape index (κ2) is 7.23. The van der Waals surface area contributed by atoms with E-state index in [9.17, 15) is 9.90 Å². The van der Waals surface area contributed by atoms with Gasteiger partial charge in [-0.15, -0.1) is 0 Å². The zero-order valence-electron chi connectivity index (χ0n) is 16.1. The molecule has 2 N–H and O–H groups in total. The maximum absolute atomic E-state index is 11.5. The van der Waals surface area contributed by atoms with E-state index in [1.54, 1.807) is 21.3 Å². The Labute approximate surface area is 157 Å². The van der Waals surface area contributed by atoms with Gasteiger partial charge in [-0.1, -0.05) is 6.07 Å². The number of hydrogen-bond acceptors (Lipinski definition) is 4. The van der Waals surface area contributed by atoms with Gasteiger partial charge in [0.05, 0.1) is 33.4 Å². The largest absolute Gasteiger partial charge is 0.493 e. The smallest absolute Gasteiger partial charge is 0.307 e. The van der Waals surface area contributed by atoms with E-state index in [0.717, 1.165) is 38.9 Å². The molecule has 0 unspecified atom stereocenters. The van der Waals surface area contributed by atoms with Crippen LogP contribution in [0.3, 0.4) is 0 Å². The molecule has 1 aromatic heterocycles. The lowest BCUT2D eigenvalue weighted by molar-refractivity contribution is -0.136. The van der Waals surface area contributed by atoms with Crippen LogP contribution in [-0.4, -0.2) is 37.4 Å². The number of carboxylic acid groups (broad SMARTS) is 1. The summed E-state index contributed by atoms with van der Waals surface area (Å²) >= 11 is 0. The van der Waals surface area contributed by atoms with Crippen molar-refractivity contribution in [1.29, 1.82) is 0 Å². The number of aromatic nitrogens is 1. The van der Waals surface area contributed by atoms with E-state index < -0.39 is 5.97 Å². The van der Waals surface area contributed by atoms with E-state index in [4.69, 9.17) is 14.2 Å². The Bertz CT molecular complexity index is 994. The van der Waals surface area contributed by atoms with Crippen LogP contribution in [0.15, 0.2) is 24.3 Å². The lowest BCUT2D eigenvalue weighted by atomic mass is 9.98. The van der Waals surface area contributed by atoms with E-state index in [-0.39, 0.29) is 6.42 Å². The molecule has 0 radical (unpaired) electrons. The van der Waals surface area contributed by atoms with Crippen LogP contribution in [0.5, 0.6) is 17.2 Å². The molecule has 1 heterocycles. The van der Waals surface area contributed by atoms with Crippen molar-refractivity contribution < 1.29 is 24.1 Å². The maximum Gasteiger partial charge on any atom is 0.307 e. The minimum Gasteiger partial charge on any atom is -0.493 e. The minimum atomic E-state index is -0.885. The number of benzene rings is 2. The molecule has 0 bridgehead atoms. The molecule has 0 amide bonds. The lowest BCUT2D eigenvalue weighted by Crippen LogP contribution is -2.02. The van der Waals surface area contributed by atoms with Gasteiger partial charge >= 0.3 is 5.97 Å². The molecule has 6 heteroatoms. The third-order valence-electron chi connectivity index (χ3n) is 4.62. The summed E-state index contributed by atoms with van der Waals surface area (Å²) in [4.78, 5) is 14.9. The lowest BCUT2D eigenvalue weighted by Gasteiger charge is -2.14. The Morgan fingerprint density at radius 3 is 2.15 bits per heavy atom. The van der Waals surface area contributed by atoms with Crippen LogP contribution >= 0.6 is 0 Å². The average Bonchev–Trinajstić information content (AvgIpc) is 2.97. The van der Waals surface area contributed by atoms with Crippen LogP contribution in [-0.2, 0) is 11.2 Å². The highest BCUT2D eigenvalue weighted by molar-refractivity contribution is 5.96. The minimum absolute atomic E-state index is 0.0874. The molecule has 0 fully saturated rings. The molecular formula is C21H23NO5. The first-order chi connectivity index (χ1) is 12.9. The topological polar surface area (TPSA) is 80.8 Å². The van der Waals surface area contributed by atoms with Crippen molar-refractivity contribution in [3.8, 4) is 28.5 Å². The van der Waals surface area contributed by atoms with Gasteiger partial charge in [0.25, 0.3) is 0 Å². The quantitative estimate of drug-likeness (QED) is 0.684. The fourth-order valence-electron chi connectivity index (χ4n) is 3.60. The molecule has 2 aromatic carbocycles. The van der Waals surface area contributed by atoms with Crippen molar-refractivity contribution in [3.05, 3.63) is 41.0 Å². The third-order valence-corrected chi connectivity index (χ3v) is 4.62. The summed E-state index contributed by atoms with van der Waals surface area (Å²) < 4.78 is 16.3. The molecule has 3 aromatic rings. The van der Waals surface area contributed by atoms with Crippen molar-refractivity contribution in [2.45, 2.75) is 20.3 Å². The Balaban J connectivity index is 2.34. The summed E-state index contributed by atoms with van der Waals surface area (Å²) in [5, 5.41) is 10.4. The molecule has 0 aliphatic carbocycles. The fraction of sp³-hybridized carbons (Fsp3) is 0.286. The molecule has 0 spiro atoms. The summed E-state index contributed by atoms with van der Waals surface area (Å²) in [7, 11) is 4.65. The number of H-pyrrole nitrogens is 1. The van der Waals surface area contributed by atoms with Crippen LogP contribution in [0.1, 0.15) is 16.7 Å². The van der Waals surface area contributed by atoms with Gasteiger partial charge in [-0.2, -0.15) is 0 Å². The summed E-state index contributed by atoms with van der Waals surface area (Å²) in [6.07, 6.45) is -0.0874. The van der Waals surface area contributed by atoms with Gasteiger partial charge in [-0.05, 0) is 48.7 Å². The summed E-state index contributed by atoms with van der Waals surface area (Å²) in [5.74, 6) is 0.635. The van der Waals surface area contributed by atoms with Crippen LogP contribution in [0.25, 0.3) is 22.2 Å². The van der Waals surface area contributed by atoms with E-state index >= 15 is 0 Å². The van der Waals surface area contributed by atoms with Crippen LogP contribution < -0.4 is 14.2 Å². The number of aromatic amines is 1. The number of ether oxygens (including phenoxy) is 3. The number of methoxy groups -OCH3 is 3.